The van der Waals surface area contributed by atoms with E-state index in [2.05, 4.69) is 10.3 Å². The lowest BCUT2D eigenvalue weighted by Crippen LogP contribution is -2.37. The third kappa shape index (κ3) is 7.45. The maximum atomic E-state index is 13.3. The van der Waals surface area contributed by atoms with Crippen molar-refractivity contribution in [2.75, 3.05) is 31.0 Å². The molecule has 12 nitrogen and oxygen atoms in total. The number of ether oxygens (including phenoxy) is 2. The van der Waals surface area contributed by atoms with E-state index in [4.69, 9.17) is 15.2 Å². The van der Waals surface area contributed by atoms with E-state index in [0.717, 1.165) is 11.2 Å². The minimum Gasteiger partial charge on any atom is -0.493 e. The van der Waals surface area contributed by atoms with Gasteiger partial charge in [0.15, 0.2) is 11.5 Å². The number of primary amides is 1. The molecule has 0 saturated heterocycles. The summed E-state index contributed by atoms with van der Waals surface area (Å²) in [5, 5.41) is 2.55. The molecular formula is C28H30N4O8S. The molecule has 3 N–H and O–H groups in total. The van der Waals surface area contributed by atoms with Gasteiger partial charge in [-0.3, -0.25) is 29.1 Å². The van der Waals surface area contributed by atoms with E-state index in [0.29, 0.717) is 29.2 Å². The second-order valence-electron chi connectivity index (χ2n) is 8.95. The molecule has 1 atom stereocenters. The van der Waals surface area contributed by atoms with E-state index < -0.39 is 45.3 Å². The average Bonchev–Trinajstić information content (AvgIpc) is 3.17. The monoisotopic (exact) mass is 582 g/mol. The molecule has 1 aromatic heterocycles. The van der Waals surface area contributed by atoms with Gasteiger partial charge in [0.25, 0.3) is 11.8 Å². The summed E-state index contributed by atoms with van der Waals surface area (Å²) in [4.78, 5) is 53.1. The summed E-state index contributed by atoms with van der Waals surface area (Å²) < 4.78 is 35.3. The van der Waals surface area contributed by atoms with Gasteiger partial charge < -0.3 is 20.5 Å². The van der Waals surface area contributed by atoms with Crippen molar-refractivity contribution in [1.82, 2.24) is 9.88 Å². The smallest absolute Gasteiger partial charge is 0.264 e. The largest absolute Gasteiger partial charge is 0.493 e. The highest BCUT2D eigenvalue weighted by molar-refractivity contribution is 7.90. The van der Waals surface area contributed by atoms with E-state index in [1.54, 1.807) is 49.5 Å². The van der Waals surface area contributed by atoms with Crippen molar-refractivity contribution in [1.29, 1.82) is 0 Å². The number of hydrogen-bond donors (Lipinski definition) is 2. The Kier molecular flexibility index (Phi) is 9.79. The number of anilines is 1. The van der Waals surface area contributed by atoms with Crippen LogP contribution >= 0.6 is 0 Å². The van der Waals surface area contributed by atoms with E-state index in [9.17, 15) is 27.6 Å². The first-order valence-corrected chi connectivity index (χ1v) is 14.4. The zero-order valence-electron chi connectivity index (χ0n) is 22.9. The molecule has 0 aliphatic carbocycles. The van der Waals surface area contributed by atoms with E-state index >= 15 is 0 Å². The number of hydrogen-bond acceptors (Lipinski definition) is 9. The van der Waals surface area contributed by atoms with Crippen molar-refractivity contribution in [3.05, 3.63) is 83.2 Å². The molecule has 13 heteroatoms. The summed E-state index contributed by atoms with van der Waals surface area (Å²) in [5.74, 6) is -1.85. The SMILES string of the molecule is CCOc1cc([C@@H](CS(C)(=O)=O)N2C(=O)c3cccc(NC(C)=O)c3C2=O)ccc1OC.NC(=O)c1cccnc1. The molecule has 0 fully saturated rings. The van der Waals surface area contributed by atoms with Crippen LogP contribution in [0.15, 0.2) is 60.9 Å². The molecular weight excluding hydrogens is 552 g/mol. The van der Waals surface area contributed by atoms with Gasteiger partial charge in [0.1, 0.15) is 9.84 Å². The Morgan fingerprint density at radius 3 is 2.34 bits per heavy atom. The number of carbonyl (C=O) groups excluding carboxylic acids is 4. The number of rotatable bonds is 9. The van der Waals surface area contributed by atoms with Gasteiger partial charge in [-0.15, -0.1) is 0 Å². The Morgan fingerprint density at radius 2 is 1.80 bits per heavy atom. The molecule has 0 spiro atoms. The molecule has 1 aliphatic rings. The van der Waals surface area contributed by atoms with Gasteiger partial charge in [-0.2, -0.15) is 0 Å². The molecule has 3 aromatic rings. The number of methoxy groups -OCH3 is 1. The maximum absolute atomic E-state index is 13.3. The van der Waals surface area contributed by atoms with Crippen molar-refractivity contribution < 1.29 is 37.1 Å². The fourth-order valence-electron chi connectivity index (χ4n) is 4.16. The van der Waals surface area contributed by atoms with Crippen LogP contribution in [0.4, 0.5) is 5.69 Å². The highest BCUT2D eigenvalue weighted by Gasteiger charge is 2.43. The maximum Gasteiger partial charge on any atom is 0.264 e. The lowest BCUT2D eigenvalue weighted by atomic mass is 10.1. The second kappa shape index (κ2) is 13.0. The Hall–Kier alpha value is -4.78. The summed E-state index contributed by atoms with van der Waals surface area (Å²) in [6, 6.07) is 11.5. The number of nitrogens with zero attached hydrogens (tertiary/aromatic N) is 2. The summed E-state index contributed by atoms with van der Waals surface area (Å²) in [6.07, 6.45) is 4.06. The van der Waals surface area contributed by atoms with Gasteiger partial charge in [0.05, 0.1) is 47.9 Å². The molecule has 2 aromatic carbocycles. The molecule has 41 heavy (non-hydrogen) atoms. The Labute approximate surface area is 237 Å². The van der Waals surface area contributed by atoms with Crippen molar-refractivity contribution in [3.63, 3.8) is 0 Å². The predicted octanol–water partition coefficient (Wildman–Crippen LogP) is 2.61. The lowest BCUT2D eigenvalue weighted by Gasteiger charge is -2.27. The normalized spacial score (nSPS) is 13.0. The Morgan fingerprint density at radius 1 is 1.07 bits per heavy atom. The van der Waals surface area contributed by atoms with Crippen LogP contribution < -0.4 is 20.5 Å². The zero-order chi connectivity index (χ0) is 30.3. The average molecular weight is 583 g/mol. The van der Waals surface area contributed by atoms with Crippen LogP contribution in [0, 0.1) is 0 Å². The Balaban J connectivity index is 0.000000436. The highest BCUT2D eigenvalue weighted by Crippen LogP contribution is 2.38. The molecule has 0 bridgehead atoms. The molecule has 4 amide bonds. The number of sulfone groups is 1. The predicted molar refractivity (Wildman–Crippen MR) is 151 cm³/mol. The van der Waals surface area contributed by atoms with Crippen LogP contribution in [0.5, 0.6) is 11.5 Å². The lowest BCUT2D eigenvalue weighted by molar-refractivity contribution is -0.114. The van der Waals surface area contributed by atoms with Gasteiger partial charge in [-0.1, -0.05) is 12.1 Å². The molecule has 2 heterocycles. The van der Waals surface area contributed by atoms with Gasteiger partial charge in [0.2, 0.25) is 11.8 Å². The summed E-state index contributed by atoms with van der Waals surface area (Å²) in [5.41, 5.74) is 6.10. The van der Waals surface area contributed by atoms with Crippen LogP contribution in [0.1, 0.15) is 56.5 Å². The topological polar surface area (TPSA) is 175 Å². The Bertz CT molecular complexity index is 1580. The number of benzene rings is 2. The first-order valence-electron chi connectivity index (χ1n) is 12.3. The highest BCUT2D eigenvalue weighted by atomic mass is 32.2. The number of aromatic nitrogens is 1. The minimum atomic E-state index is -3.60. The number of nitrogens with two attached hydrogens (primary N) is 1. The van der Waals surface area contributed by atoms with Gasteiger partial charge in [-0.25, -0.2) is 8.42 Å². The van der Waals surface area contributed by atoms with E-state index in [1.807, 2.05) is 0 Å². The van der Waals surface area contributed by atoms with Crippen LogP contribution in [-0.2, 0) is 14.6 Å². The third-order valence-corrected chi connectivity index (χ3v) is 6.77. The first-order chi connectivity index (χ1) is 19.4. The number of imide groups is 1. The number of nitrogens with one attached hydrogen (secondary N) is 1. The first kappa shape index (κ1) is 30.8. The van der Waals surface area contributed by atoms with Crippen LogP contribution in [-0.4, -0.2) is 67.7 Å². The standard InChI is InChI=1S/C22H24N2O7S.C6H6N2O/c1-5-31-19-11-14(9-10-18(19)30-3)17(12-32(4,28)29)24-21(26)15-7-6-8-16(23-13(2)25)20(15)22(24)27;7-6(9)5-2-1-3-8-4-5/h6-11,17H,5,12H2,1-4H3,(H,23,25);1-4H,(H2,7,9)/t17-;/m1./s1. The fraction of sp³-hybridized carbons (Fsp3) is 0.250. The van der Waals surface area contributed by atoms with Crippen LogP contribution in [0.3, 0.4) is 0 Å². The van der Waals surface area contributed by atoms with Gasteiger partial charge in [0, 0.05) is 25.6 Å². The second-order valence-corrected chi connectivity index (χ2v) is 11.1. The fourth-order valence-corrected chi connectivity index (χ4v) is 5.08. The quantitative estimate of drug-likeness (QED) is 0.359. The summed E-state index contributed by atoms with van der Waals surface area (Å²) in [7, 11) is -2.13. The third-order valence-electron chi connectivity index (χ3n) is 5.85. The van der Waals surface area contributed by atoms with Gasteiger partial charge in [-0.05, 0) is 48.9 Å². The van der Waals surface area contributed by atoms with Gasteiger partial charge >= 0.3 is 0 Å². The van der Waals surface area contributed by atoms with Crippen molar-refractivity contribution in [3.8, 4) is 11.5 Å². The van der Waals surface area contributed by atoms with E-state index in [-0.39, 0.29) is 16.8 Å². The number of pyridine rings is 1. The molecule has 0 radical (unpaired) electrons. The van der Waals surface area contributed by atoms with Crippen molar-refractivity contribution in [2.45, 2.75) is 19.9 Å². The van der Waals surface area contributed by atoms with E-state index in [1.165, 1.54) is 32.4 Å². The molecule has 0 saturated carbocycles. The molecule has 4 rings (SSSR count). The summed E-state index contributed by atoms with van der Waals surface area (Å²) in [6.45, 7) is 3.41. The van der Waals surface area contributed by atoms with Crippen LogP contribution in [0.25, 0.3) is 0 Å². The van der Waals surface area contributed by atoms with Crippen molar-refractivity contribution >= 4 is 39.2 Å². The molecule has 216 valence electrons. The minimum absolute atomic E-state index is 0.0322. The summed E-state index contributed by atoms with van der Waals surface area (Å²) >= 11 is 0. The number of carbonyl (C=O) groups is 4. The number of amides is 4. The zero-order valence-corrected chi connectivity index (χ0v) is 23.7. The number of fused-ring (bicyclic) bond motifs is 1. The van der Waals surface area contributed by atoms with Crippen LogP contribution in [0.2, 0.25) is 0 Å². The molecule has 0 unspecified atom stereocenters. The van der Waals surface area contributed by atoms with Crippen molar-refractivity contribution in [2.24, 2.45) is 5.73 Å². The molecule has 1 aliphatic heterocycles.